The van der Waals surface area contributed by atoms with Gasteiger partial charge in [-0.1, -0.05) is 48.6 Å². The van der Waals surface area contributed by atoms with Gasteiger partial charge < -0.3 is 21.3 Å². The van der Waals surface area contributed by atoms with Gasteiger partial charge in [-0.05, 0) is 49.1 Å². The summed E-state index contributed by atoms with van der Waals surface area (Å²) in [6.07, 6.45) is -1.80. The van der Waals surface area contributed by atoms with Gasteiger partial charge in [0.05, 0.1) is 29.7 Å². The number of hydrogen-bond acceptors (Lipinski definition) is 6. The second-order valence-electron chi connectivity index (χ2n) is 7.42. The van der Waals surface area contributed by atoms with Gasteiger partial charge in [0.1, 0.15) is 0 Å². The molecule has 5 N–H and O–H groups in total. The van der Waals surface area contributed by atoms with Gasteiger partial charge in [0.25, 0.3) is 10.0 Å². The molecule has 9 nitrogen and oxygen atoms in total. The molecule has 0 aliphatic carbocycles. The van der Waals surface area contributed by atoms with E-state index in [-0.39, 0.29) is 11.3 Å². The van der Waals surface area contributed by atoms with Crippen LogP contribution >= 0.6 is 0 Å². The van der Waals surface area contributed by atoms with Crippen LogP contribution in [0.15, 0.2) is 59.5 Å². The summed E-state index contributed by atoms with van der Waals surface area (Å²) in [4.78, 5) is 17.0. The number of aliphatic hydroxyl groups is 1. The minimum Gasteiger partial charge on any atom is -0.465 e. The van der Waals surface area contributed by atoms with E-state index < -0.39 is 40.9 Å². The van der Waals surface area contributed by atoms with Crippen LogP contribution in [0.5, 0.6) is 0 Å². The summed E-state index contributed by atoms with van der Waals surface area (Å²) >= 11 is 0. The lowest BCUT2D eigenvalue weighted by atomic mass is 10.0. The van der Waals surface area contributed by atoms with E-state index in [1.54, 1.807) is 24.3 Å². The molecule has 1 amide bonds. The Hall–Kier alpha value is -2.66. The maximum atomic E-state index is 13.3. The Kier molecular flexibility index (Phi) is 9.45. The SMILES string of the molecule is CCC(CC)ON(C[C@@H](O)[C@H](Cc1ccccc1)NC(=O)O)S(=O)(=O)c1ccc(N)cc1. The molecule has 32 heavy (non-hydrogen) atoms. The van der Waals surface area contributed by atoms with Crippen molar-refractivity contribution in [3.8, 4) is 0 Å². The number of anilines is 1. The Morgan fingerprint density at radius 1 is 1.09 bits per heavy atom. The molecule has 0 fully saturated rings. The van der Waals surface area contributed by atoms with E-state index in [9.17, 15) is 23.4 Å². The van der Waals surface area contributed by atoms with Crippen molar-refractivity contribution in [1.29, 1.82) is 0 Å². The number of nitrogen functional groups attached to an aromatic ring is 1. The molecular weight excluding hydrogens is 434 g/mol. The van der Waals surface area contributed by atoms with Crippen molar-refractivity contribution in [2.24, 2.45) is 0 Å². The second kappa shape index (κ2) is 11.8. The fourth-order valence-electron chi connectivity index (χ4n) is 3.15. The predicted octanol–water partition coefficient (Wildman–Crippen LogP) is 2.62. The molecule has 0 aliphatic heterocycles. The van der Waals surface area contributed by atoms with Crippen LogP contribution in [0.1, 0.15) is 32.3 Å². The lowest BCUT2D eigenvalue weighted by Crippen LogP contribution is -2.50. The van der Waals surface area contributed by atoms with Crippen molar-refractivity contribution in [3.63, 3.8) is 0 Å². The highest BCUT2D eigenvalue weighted by molar-refractivity contribution is 7.89. The predicted molar refractivity (Wildman–Crippen MR) is 121 cm³/mol. The molecule has 10 heteroatoms. The van der Waals surface area contributed by atoms with Crippen LogP contribution in [-0.2, 0) is 21.3 Å². The molecule has 0 saturated heterocycles. The number of sulfonamides is 1. The first kappa shape index (κ1) is 25.6. The summed E-state index contributed by atoms with van der Waals surface area (Å²) in [5.74, 6) is 0. The maximum absolute atomic E-state index is 13.3. The van der Waals surface area contributed by atoms with Crippen LogP contribution in [0, 0.1) is 0 Å². The van der Waals surface area contributed by atoms with Crippen molar-refractivity contribution >= 4 is 21.8 Å². The zero-order valence-corrected chi connectivity index (χ0v) is 19.0. The van der Waals surface area contributed by atoms with Gasteiger partial charge in [0.15, 0.2) is 0 Å². The van der Waals surface area contributed by atoms with E-state index in [0.29, 0.717) is 18.5 Å². The maximum Gasteiger partial charge on any atom is 0.404 e. The smallest absolute Gasteiger partial charge is 0.404 e. The fraction of sp³-hybridized carbons (Fsp3) is 0.409. The first-order valence-corrected chi connectivity index (χ1v) is 11.9. The molecule has 0 saturated carbocycles. The molecule has 0 heterocycles. The van der Waals surface area contributed by atoms with Gasteiger partial charge in [-0.3, -0.25) is 4.84 Å². The van der Waals surface area contributed by atoms with Crippen molar-refractivity contribution in [1.82, 2.24) is 9.79 Å². The van der Waals surface area contributed by atoms with Gasteiger partial charge in [-0.2, -0.15) is 0 Å². The highest BCUT2D eigenvalue weighted by Crippen LogP contribution is 2.21. The summed E-state index contributed by atoms with van der Waals surface area (Å²) in [5.41, 5.74) is 6.86. The minimum absolute atomic E-state index is 0.0457. The molecule has 0 unspecified atom stereocenters. The Morgan fingerprint density at radius 2 is 1.69 bits per heavy atom. The van der Waals surface area contributed by atoms with Gasteiger partial charge >= 0.3 is 6.09 Å². The number of benzene rings is 2. The van der Waals surface area contributed by atoms with Gasteiger partial charge in [-0.25, -0.2) is 13.2 Å². The molecule has 0 bridgehead atoms. The van der Waals surface area contributed by atoms with Gasteiger partial charge in [0, 0.05) is 5.69 Å². The number of nitrogens with zero attached hydrogens (tertiary/aromatic N) is 1. The number of aliphatic hydroxyl groups excluding tert-OH is 1. The summed E-state index contributed by atoms with van der Waals surface area (Å²) in [5, 5.41) is 22.4. The van der Waals surface area contributed by atoms with Crippen LogP contribution in [0.3, 0.4) is 0 Å². The summed E-state index contributed by atoms with van der Waals surface area (Å²) < 4.78 is 27.3. The normalized spacial score (nSPS) is 13.8. The zero-order chi connectivity index (χ0) is 23.7. The number of rotatable bonds is 12. The Labute approximate surface area is 188 Å². The van der Waals surface area contributed by atoms with Gasteiger partial charge in [0.2, 0.25) is 0 Å². The quantitative estimate of drug-likeness (QED) is 0.279. The zero-order valence-electron chi connectivity index (χ0n) is 18.2. The molecule has 0 radical (unpaired) electrons. The highest BCUT2D eigenvalue weighted by Gasteiger charge is 2.33. The number of nitrogens with two attached hydrogens (primary N) is 1. The molecule has 0 aromatic heterocycles. The molecule has 176 valence electrons. The van der Waals surface area contributed by atoms with Crippen LogP contribution in [0.4, 0.5) is 10.5 Å². The third kappa shape index (κ3) is 7.20. The number of hydroxylamine groups is 1. The highest BCUT2D eigenvalue weighted by atomic mass is 32.2. The van der Waals surface area contributed by atoms with Crippen LogP contribution in [0.25, 0.3) is 0 Å². The summed E-state index contributed by atoms with van der Waals surface area (Å²) in [7, 11) is -4.14. The van der Waals surface area contributed by atoms with Crippen molar-refractivity contribution in [2.45, 2.75) is 56.3 Å². The summed E-state index contributed by atoms with van der Waals surface area (Å²) in [6.45, 7) is 3.27. The van der Waals surface area contributed by atoms with E-state index in [1.807, 2.05) is 19.9 Å². The second-order valence-corrected chi connectivity index (χ2v) is 9.25. The lowest BCUT2D eigenvalue weighted by Gasteiger charge is -2.30. The van der Waals surface area contributed by atoms with Crippen LogP contribution in [-0.4, -0.2) is 54.0 Å². The average molecular weight is 466 g/mol. The van der Waals surface area contributed by atoms with Crippen molar-refractivity contribution < 1.29 is 28.3 Å². The van der Waals surface area contributed by atoms with E-state index in [1.165, 1.54) is 24.3 Å². The molecule has 2 aromatic carbocycles. The molecule has 0 spiro atoms. The molecule has 0 aliphatic rings. The minimum atomic E-state index is -4.14. The van der Waals surface area contributed by atoms with Crippen molar-refractivity contribution in [3.05, 3.63) is 60.2 Å². The van der Waals surface area contributed by atoms with E-state index >= 15 is 0 Å². The van der Waals surface area contributed by atoms with E-state index in [4.69, 9.17) is 10.6 Å². The number of hydrogen-bond donors (Lipinski definition) is 4. The topological polar surface area (TPSA) is 142 Å². The molecular formula is C22H31N3O6S. The fourth-order valence-corrected chi connectivity index (χ4v) is 4.45. The van der Waals surface area contributed by atoms with E-state index in [0.717, 1.165) is 10.0 Å². The lowest BCUT2D eigenvalue weighted by molar-refractivity contribution is -0.149. The van der Waals surface area contributed by atoms with Crippen LogP contribution in [0.2, 0.25) is 0 Å². The average Bonchev–Trinajstić information content (AvgIpc) is 2.76. The third-order valence-electron chi connectivity index (χ3n) is 5.03. The number of carboxylic acid groups (broad SMARTS) is 1. The number of nitrogens with one attached hydrogen (secondary N) is 1. The van der Waals surface area contributed by atoms with E-state index in [2.05, 4.69) is 5.32 Å². The third-order valence-corrected chi connectivity index (χ3v) is 6.67. The standard InChI is InChI=1S/C22H31N3O6S/c1-3-18(4-2)31-25(32(29,30)19-12-10-17(23)11-13-19)15-21(26)20(24-22(27)28)14-16-8-6-5-7-9-16/h5-13,18,20-21,24,26H,3-4,14-15,23H2,1-2H3,(H,27,28)/t20-,21+/m0/s1. The Bertz CT molecular complexity index is 949. The molecule has 2 aromatic rings. The molecule has 2 atom stereocenters. The first-order valence-electron chi connectivity index (χ1n) is 10.4. The molecule has 2 rings (SSSR count). The van der Waals surface area contributed by atoms with Gasteiger partial charge in [-0.15, -0.1) is 0 Å². The first-order chi connectivity index (χ1) is 15.2. The number of carbonyl (C=O) groups is 1. The monoisotopic (exact) mass is 465 g/mol. The van der Waals surface area contributed by atoms with Crippen molar-refractivity contribution in [2.75, 3.05) is 12.3 Å². The Morgan fingerprint density at radius 3 is 2.22 bits per heavy atom. The summed E-state index contributed by atoms with van der Waals surface area (Å²) in [6, 6.07) is 13.7. The number of amides is 1. The van der Waals surface area contributed by atoms with Crippen LogP contribution < -0.4 is 11.1 Å². The Balaban J connectivity index is 2.32. The largest absolute Gasteiger partial charge is 0.465 e.